The third-order valence-corrected chi connectivity index (χ3v) is 2.60. The Kier molecular flexibility index (Phi) is 4.27. The Morgan fingerprint density at radius 1 is 1.05 bits per heavy atom. The number of benzene rings is 2. The SMILES string of the molecule is COC(C#Cc1ccccc1)c1cc(F)ccc1F. The molecule has 0 bridgehead atoms. The zero-order chi connectivity index (χ0) is 13.7. The Hall–Kier alpha value is -2.18. The summed E-state index contributed by atoms with van der Waals surface area (Å²) in [5, 5.41) is 0. The quantitative estimate of drug-likeness (QED) is 0.746. The van der Waals surface area contributed by atoms with Crippen molar-refractivity contribution in [3.63, 3.8) is 0 Å². The molecular formula is C16H12F2O. The summed E-state index contributed by atoms with van der Waals surface area (Å²) < 4.78 is 31.9. The van der Waals surface area contributed by atoms with E-state index in [-0.39, 0.29) is 5.56 Å². The largest absolute Gasteiger partial charge is 0.364 e. The lowest BCUT2D eigenvalue weighted by Gasteiger charge is -2.10. The van der Waals surface area contributed by atoms with Gasteiger partial charge in [-0.25, -0.2) is 8.78 Å². The molecule has 0 saturated carbocycles. The molecule has 0 radical (unpaired) electrons. The molecule has 0 fully saturated rings. The van der Waals surface area contributed by atoms with E-state index in [1.165, 1.54) is 7.11 Å². The van der Waals surface area contributed by atoms with Gasteiger partial charge < -0.3 is 4.74 Å². The minimum atomic E-state index is -0.795. The summed E-state index contributed by atoms with van der Waals surface area (Å²) in [7, 11) is 1.41. The molecule has 0 aliphatic carbocycles. The standard InChI is InChI=1S/C16H12F2O/c1-19-16(10-7-12-5-3-2-4-6-12)14-11-13(17)8-9-15(14)18/h2-6,8-9,11,16H,1H3. The number of ether oxygens (including phenoxy) is 1. The maximum atomic E-state index is 13.6. The smallest absolute Gasteiger partial charge is 0.146 e. The van der Waals surface area contributed by atoms with Gasteiger partial charge in [-0.15, -0.1) is 0 Å². The lowest BCUT2D eigenvalue weighted by atomic mass is 10.1. The zero-order valence-electron chi connectivity index (χ0n) is 10.4. The molecule has 2 aromatic carbocycles. The van der Waals surface area contributed by atoms with Crippen LogP contribution in [0.2, 0.25) is 0 Å². The van der Waals surface area contributed by atoms with E-state index in [4.69, 9.17) is 4.74 Å². The number of halogens is 2. The molecule has 19 heavy (non-hydrogen) atoms. The molecule has 0 aromatic heterocycles. The van der Waals surface area contributed by atoms with Gasteiger partial charge in [0.25, 0.3) is 0 Å². The van der Waals surface area contributed by atoms with Gasteiger partial charge in [0.1, 0.15) is 17.7 Å². The second-order valence-electron chi connectivity index (χ2n) is 3.92. The van der Waals surface area contributed by atoms with Gasteiger partial charge >= 0.3 is 0 Å². The molecule has 0 aliphatic heterocycles. The van der Waals surface area contributed by atoms with Crippen molar-refractivity contribution in [1.82, 2.24) is 0 Å². The molecule has 0 saturated heterocycles. The summed E-state index contributed by atoms with van der Waals surface area (Å²) in [5.74, 6) is 4.62. The van der Waals surface area contributed by atoms with E-state index in [0.29, 0.717) is 0 Å². The van der Waals surface area contributed by atoms with Crippen molar-refractivity contribution in [3.8, 4) is 11.8 Å². The van der Waals surface area contributed by atoms with Crippen molar-refractivity contribution in [2.45, 2.75) is 6.10 Å². The second kappa shape index (κ2) is 6.12. The average Bonchev–Trinajstić information content (AvgIpc) is 2.44. The fourth-order valence-electron chi connectivity index (χ4n) is 1.65. The Morgan fingerprint density at radius 2 is 1.79 bits per heavy atom. The second-order valence-corrected chi connectivity index (χ2v) is 3.92. The van der Waals surface area contributed by atoms with Crippen LogP contribution >= 0.6 is 0 Å². The van der Waals surface area contributed by atoms with Crippen LogP contribution in [-0.2, 0) is 4.74 Å². The lowest BCUT2D eigenvalue weighted by molar-refractivity contribution is 0.146. The summed E-state index contributed by atoms with van der Waals surface area (Å²) in [4.78, 5) is 0. The minimum absolute atomic E-state index is 0.103. The molecular weight excluding hydrogens is 246 g/mol. The van der Waals surface area contributed by atoms with Crippen LogP contribution in [-0.4, -0.2) is 7.11 Å². The van der Waals surface area contributed by atoms with Gasteiger partial charge in [0.15, 0.2) is 0 Å². The molecule has 0 aliphatic rings. The van der Waals surface area contributed by atoms with Crippen LogP contribution in [0.1, 0.15) is 17.2 Å². The van der Waals surface area contributed by atoms with E-state index in [1.807, 2.05) is 30.3 Å². The van der Waals surface area contributed by atoms with E-state index in [2.05, 4.69) is 11.8 Å². The van der Waals surface area contributed by atoms with Crippen LogP contribution < -0.4 is 0 Å². The molecule has 1 nitrogen and oxygen atoms in total. The van der Waals surface area contributed by atoms with Crippen LogP contribution in [0.5, 0.6) is 0 Å². The van der Waals surface area contributed by atoms with E-state index in [9.17, 15) is 8.78 Å². The maximum Gasteiger partial charge on any atom is 0.146 e. The Morgan fingerprint density at radius 3 is 2.47 bits per heavy atom. The Bertz CT molecular complexity index is 612. The minimum Gasteiger partial charge on any atom is -0.364 e. The predicted molar refractivity (Wildman–Crippen MR) is 69.4 cm³/mol. The van der Waals surface area contributed by atoms with Crippen molar-refractivity contribution in [2.75, 3.05) is 7.11 Å². The molecule has 0 N–H and O–H groups in total. The zero-order valence-corrected chi connectivity index (χ0v) is 10.4. The van der Waals surface area contributed by atoms with Crippen LogP contribution in [0.25, 0.3) is 0 Å². The number of hydrogen-bond donors (Lipinski definition) is 0. The topological polar surface area (TPSA) is 9.23 Å². The molecule has 0 spiro atoms. The monoisotopic (exact) mass is 258 g/mol. The average molecular weight is 258 g/mol. The van der Waals surface area contributed by atoms with Gasteiger partial charge in [-0.3, -0.25) is 0 Å². The first-order valence-corrected chi connectivity index (χ1v) is 5.75. The highest BCUT2D eigenvalue weighted by molar-refractivity contribution is 5.37. The normalized spacial score (nSPS) is 11.5. The summed E-state index contributed by atoms with van der Waals surface area (Å²) in [6, 6.07) is 12.5. The number of rotatable bonds is 2. The van der Waals surface area contributed by atoms with Crippen molar-refractivity contribution in [2.24, 2.45) is 0 Å². The summed E-state index contributed by atoms with van der Waals surface area (Å²) in [5.41, 5.74) is 0.896. The molecule has 2 rings (SSSR count). The van der Waals surface area contributed by atoms with Crippen LogP contribution in [0, 0.1) is 23.5 Å². The fourth-order valence-corrected chi connectivity index (χ4v) is 1.65. The molecule has 3 heteroatoms. The number of hydrogen-bond acceptors (Lipinski definition) is 1. The van der Waals surface area contributed by atoms with Gasteiger partial charge in [-0.2, -0.15) is 0 Å². The van der Waals surface area contributed by atoms with Crippen molar-refractivity contribution < 1.29 is 13.5 Å². The van der Waals surface area contributed by atoms with Gasteiger partial charge in [0, 0.05) is 18.2 Å². The van der Waals surface area contributed by atoms with Crippen LogP contribution in [0.4, 0.5) is 8.78 Å². The molecule has 1 atom stereocenters. The number of methoxy groups -OCH3 is 1. The highest BCUT2D eigenvalue weighted by Crippen LogP contribution is 2.20. The third kappa shape index (κ3) is 3.40. The first-order chi connectivity index (χ1) is 9.20. The molecule has 1 unspecified atom stereocenters. The Labute approximate surface area is 110 Å². The molecule has 0 amide bonds. The summed E-state index contributed by atoms with van der Waals surface area (Å²) in [6.07, 6.45) is -0.795. The molecule has 0 heterocycles. The van der Waals surface area contributed by atoms with Gasteiger partial charge in [-0.1, -0.05) is 30.0 Å². The van der Waals surface area contributed by atoms with Crippen LogP contribution in [0.15, 0.2) is 48.5 Å². The lowest BCUT2D eigenvalue weighted by Crippen LogP contribution is -2.02. The fraction of sp³-hybridized carbons (Fsp3) is 0.125. The summed E-state index contributed by atoms with van der Waals surface area (Å²) in [6.45, 7) is 0. The summed E-state index contributed by atoms with van der Waals surface area (Å²) >= 11 is 0. The molecule has 2 aromatic rings. The van der Waals surface area contributed by atoms with Gasteiger partial charge in [0.05, 0.1) is 0 Å². The van der Waals surface area contributed by atoms with Crippen molar-refractivity contribution in [1.29, 1.82) is 0 Å². The third-order valence-electron chi connectivity index (χ3n) is 2.60. The van der Waals surface area contributed by atoms with E-state index >= 15 is 0 Å². The maximum absolute atomic E-state index is 13.6. The molecule has 96 valence electrons. The first-order valence-electron chi connectivity index (χ1n) is 5.75. The Balaban J connectivity index is 2.31. The first kappa shape index (κ1) is 13.3. The van der Waals surface area contributed by atoms with Gasteiger partial charge in [-0.05, 0) is 30.3 Å². The van der Waals surface area contributed by atoms with E-state index in [0.717, 1.165) is 23.8 Å². The highest BCUT2D eigenvalue weighted by atomic mass is 19.1. The van der Waals surface area contributed by atoms with E-state index in [1.54, 1.807) is 0 Å². The highest BCUT2D eigenvalue weighted by Gasteiger charge is 2.13. The van der Waals surface area contributed by atoms with Gasteiger partial charge in [0.2, 0.25) is 0 Å². The van der Waals surface area contributed by atoms with Crippen molar-refractivity contribution in [3.05, 3.63) is 71.3 Å². The predicted octanol–water partition coefficient (Wildman–Crippen LogP) is 3.70. The van der Waals surface area contributed by atoms with Crippen molar-refractivity contribution >= 4 is 0 Å². The van der Waals surface area contributed by atoms with E-state index < -0.39 is 17.7 Å². The van der Waals surface area contributed by atoms with Crippen LogP contribution in [0.3, 0.4) is 0 Å².